The SMILES string of the molecule is CCc1c2ccccc2c(CC)c2cc(C)ccc12. The third-order valence-corrected chi connectivity index (χ3v) is 4.11. The Morgan fingerprint density at radius 2 is 1.21 bits per heavy atom. The second-order valence-electron chi connectivity index (χ2n) is 5.26. The first kappa shape index (κ1) is 12.2. The maximum atomic E-state index is 2.35. The summed E-state index contributed by atoms with van der Waals surface area (Å²) in [5.74, 6) is 0. The summed E-state index contributed by atoms with van der Waals surface area (Å²) in [5, 5.41) is 5.74. The van der Waals surface area contributed by atoms with Crippen molar-refractivity contribution in [3.05, 3.63) is 59.2 Å². The highest BCUT2D eigenvalue weighted by molar-refractivity contribution is 6.06. The van der Waals surface area contributed by atoms with Crippen LogP contribution in [0.4, 0.5) is 0 Å². The zero-order valence-electron chi connectivity index (χ0n) is 12.0. The van der Waals surface area contributed by atoms with Crippen LogP contribution < -0.4 is 0 Å². The first-order chi connectivity index (χ1) is 9.26. The fraction of sp³-hybridized carbons (Fsp3) is 0.263. The first-order valence-electron chi connectivity index (χ1n) is 7.19. The number of hydrogen-bond donors (Lipinski definition) is 0. The van der Waals surface area contributed by atoms with Gasteiger partial charge in [0.2, 0.25) is 0 Å². The quantitative estimate of drug-likeness (QED) is 0.531. The standard InChI is InChI=1S/C19H20/c1-4-14-16-8-6-7-9-17(16)15(5-2)19-12-13(3)10-11-18(14)19/h6-12H,4-5H2,1-3H3. The maximum absolute atomic E-state index is 2.35. The van der Waals surface area contributed by atoms with Gasteiger partial charge in [0.1, 0.15) is 0 Å². The van der Waals surface area contributed by atoms with E-state index in [1.165, 1.54) is 38.2 Å². The second-order valence-corrected chi connectivity index (χ2v) is 5.26. The molecule has 0 N–H and O–H groups in total. The molecule has 0 heterocycles. The third kappa shape index (κ3) is 1.83. The molecule has 0 aliphatic rings. The van der Waals surface area contributed by atoms with E-state index in [9.17, 15) is 0 Å². The Balaban J connectivity index is 2.60. The van der Waals surface area contributed by atoms with Crippen LogP contribution >= 0.6 is 0 Å². The lowest BCUT2D eigenvalue weighted by molar-refractivity contribution is 1.15. The van der Waals surface area contributed by atoms with E-state index < -0.39 is 0 Å². The fourth-order valence-corrected chi connectivity index (χ4v) is 3.23. The highest BCUT2D eigenvalue weighted by Crippen LogP contribution is 2.34. The number of aryl methyl sites for hydroxylation is 3. The van der Waals surface area contributed by atoms with Crippen molar-refractivity contribution in [2.75, 3.05) is 0 Å². The molecule has 0 aliphatic carbocycles. The van der Waals surface area contributed by atoms with E-state index in [1.54, 1.807) is 0 Å². The molecule has 0 bridgehead atoms. The molecule has 0 nitrogen and oxygen atoms in total. The molecule has 0 unspecified atom stereocenters. The van der Waals surface area contributed by atoms with Crippen LogP contribution in [-0.2, 0) is 12.8 Å². The van der Waals surface area contributed by atoms with Crippen molar-refractivity contribution in [1.82, 2.24) is 0 Å². The number of rotatable bonds is 2. The monoisotopic (exact) mass is 248 g/mol. The van der Waals surface area contributed by atoms with E-state index in [-0.39, 0.29) is 0 Å². The summed E-state index contributed by atoms with van der Waals surface area (Å²) in [6.07, 6.45) is 2.18. The van der Waals surface area contributed by atoms with Crippen molar-refractivity contribution in [1.29, 1.82) is 0 Å². The van der Waals surface area contributed by atoms with Gasteiger partial charge in [0, 0.05) is 0 Å². The Bertz CT molecular complexity index is 751. The van der Waals surface area contributed by atoms with Gasteiger partial charge in [0.15, 0.2) is 0 Å². The minimum Gasteiger partial charge on any atom is -0.0616 e. The van der Waals surface area contributed by atoms with Gasteiger partial charge in [-0.1, -0.05) is 61.9 Å². The van der Waals surface area contributed by atoms with Gasteiger partial charge in [0.05, 0.1) is 0 Å². The van der Waals surface area contributed by atoms with Crippen LogP contribution in [0.2, 0.25) is 0 Å². The Kier molecular flexibility index (Phi) is 3.02. The normalized spacial score (nSPS) is 11.3. The van der Waals surface area contributed by atoms with Crippen molar-refractivity contribution in [3.8, 4) is 0 Å². The lowest BCUT2D eigenvalue weighted by atomic mass is 9.89. The van der Waals surface area contributed by atoms with E-state index in [4.69, 9.17) is 0 Å². The number of benzene rings is 3. The number of fused-ring (bicyclic) bond motifs is 2. The summed E-state index contributed by atoms with van der Waals surface area (Å²) < 4.78 is 0. The van der Waals surface area contributed by atoms with E-state index in [2.05, 4.69) is 63.2 Å². The van der Waals surface area contributed by atoms with Crippen LogP contribution in [0, 0.1) is 6.92 Å². The highest BCUT2D eigenvalue weighted by atomic mass is 14.1. The van der Waals surface area contributed by atoms with Gasteiger partial charge in [-0.15, -0.1) is 0 Å². The van der Waals surface area contributed by atoms with Gasteiger partial charge < -0.3 is 0 Å². The first-order valence-corrected chi connectivity index (χ1v) is 7.19. The second kappa shape index (κ2) is 4.70. The van der Waals surface area contributed by atoms with E-state index in [0.717, 1.165) is 12.8 Å². The molecule has 0 fully saturated rings. The predicted molar refractivity (Wildman–Crippen MR) is 84.9 cm³/mol. The van der Waals surface area contributed by atoms with Crippen molar-refractivity contribution < 1.29 is 0 Å². The predicted octanol–water partition coefficient (Wildman–Crippen LogP) is 5.43. The summed E-state index contributed by atoms with van der Waals surface area (Å²) in [5.41, 5.74) is 4.33. The average molecular weight is 248 g/mol. The van der Waals surface area contributed by atoms with Crippen molar-refractivity contribution in [2.24, 2.45) is 0 Å². The molecule has 0 aliphatic heterocycles. The Labute approximate surface area is 115 Å². The third-order valence-electron chi connectivity index (χ3n) is 4.11. The number of hydrogen-bond acceptors (Lipinski definition) is 0. The topological polar surface area (TPSA) is 0 Å². The Hall–Kier alpha value is -1.82. The van der Waals surface area contributed by atoms with E-state index in [0.29, 0.717) is 0 Å². The van der Waals surface area contributed by atoms with Gasteiger partial charge in [-0.2, -0.15) is 0 Å². The van der Waals surface area contributed by atoms with Crippen molar-refractivity contribution in [2.45, 2.75) is 33.6 Å². The summed E-state index contributed by atoms with van der Waals surface area (Å²) in [7, 11) is 0. The molecule has 0 spiro atoms. The maximum Gasteiger partial charge on any atom is -0.0140 e. The molecule has 3 rings (SSSR count). The van der Waals surface area contributed by atoms with Crippen LogP contribution in [0.15, 0.2) is 42.5 Å². The Morgan fingerprint density at radius 3 is 1.79 bits per heavy atom. The van der Waals surface area contributed by atoms with E-state index >= 15 is 0 Å². The Morgan fingerprint density at radius 1 is 0.684 bits per heavy atom. The van der Waals surface area contributed by atoms with Gasteiger partial charge >= 0.3 is 0 Å². The largest absolute Gasteiger partial charge is 0.0616 e. The molecule has 0 heteroatoms. The zero-order chi connectivity index (χ0) is 13.4. The summed E-state index contributed by atoms with van der Waals surface area (Å²) in [4.78, 5) is 0. The smallest absolute Gasteiger partial charge is 0.0140 e. The average Bonchev–Trinajstić information content (AvgIpc) is 2.44. The lowest BCUT2D eigenvalue weighted by Crippen LogP contribution is -1.94. The van der Waals surface area contributed by atoms with Crippen LogP contribution in [-0.4, -0.2) is 0 Å². The van der Waals surface area contributed by atoms with Gasteiger partial charge in [-0.3, -0.25) is 0 Å². The molecule has 0 saturated heterocycles. The highest BCUT2D eigenvalue weighted by Gasteiger charge is 2.11. The molecule has 0 saturated carbocycles. The van der Waals surface area contributed by atoms with Crippen molar-refractivity contribution >= 4 is 21.5 Å². The summed E-state index contributed by atoms with van der Waals surface area (Å²) in [6, 6.07) is 15.7. The van der Waals surface area contributed by atoms with E-state index in [1.807, 2.05) is 0 Å². The molecule has 19 heavy (non-hydrogen) atoms. The fourth-order valence-electron chi connectivity index (χ4n) is 3.23. The van der Waals surface area contributed by atoms with Crippen LogP contribution in [0.5, 0.6) is 0 Å². The summed E-state index contributed by atoms with van der Waals surface area (Å²) in [6.45, 7) is 6.70. The molecule has 0 atom stereocenters. The molecule has 3 aromatic carbocycles. The molecule has 0 amide bonds. The van der Waals surface area contributed by atoms with Gasteiger partial charge in [0.25, 0.3) is 0 Å². The van der Waals surface area contributed by atoms with Gasteiger partial charge in [-0.25, -0.2) is 0 Å². The molecular weight excluding hydrogens is 228 g/mol. The molecular formula is C19H20. The van der Waals surface area contributed by atoms with Gasteiger partial charge in [-0.05, 0) is 52.4 Å². The molecule has 96 valence electrons. The molecule has 0 aromatic heterocycles. The molecule has 0 radical (unpaired) electrons. The minimum absolute atomic E-state index is 1.09. The molecule has 3 aromatic rings. The zero-order valence-corrected chi connectivity index (χ0v) is 12.0. The van der Waals surface area contributed by atoms with Crippen LogP contribution in [0.3, 0.4) is 0 Å². The van der Waals surface area contributed by atoms with Crippen molar-refractivity contribution in [3.63, 3.8) is 0 Å². The summed E-state index contributed by atoms with van der Waals surface area (Å²) >= 11 is 0. The van der Waals surface area contributed by atoms with Crippen LogP contribution in [0.25, 0.3) is 21.5 Å². The van der Waals surface area contributed by atoms with Crippen LogP contribution in [0.1, 0.15) is 30.5 Å². The minimum atomic E-state index is 1.09. The lowest BCUT2D eigenvalue weighted by Gasteiger charge is -2.15.